The van der Waals surface area contributed by atoms with Crippen LogP contribution in [0.3, 0.4) is 0 Å². The molecule has 3 rings (SSSR count). The molecular weight excluding hydrogens is 340 g/mol. The molecule has 2 aromatic heterocycles. The fraction of sp³-hybridized carbons (Fsp3) is 0.278. The van der Waals surface area contributed by atoms with E-state index in [4.69, 9.17) is 9.47 Å². The Kier molecular flexibility index (Phi) is 5.14. The third kappa shape index (κ3) is 4.24. The fourth-order valence-corrected chi connectivity index (χ4v) is 3.18. The van der Waals surface area contributed by atoms with Gasteiger partial charge in [0.15, 0.2) is 4.96 Å². The Labute approximate surface area is 148 Å². The van der Waals surface area contributed by atoms with E-state index in [1.54, 1.807) is 0 Å². The second-order valence-electron chi connectivity index (χ2n) is 5.65. The summed E-state index contributed by atoms with van der Waals surface area (Å²) < 4.78 is 12.2. The minimum atomic E-state index is -0.392. The van der Waals surface area contributed by atoms with Gasteiger partial charge in [-0.1, -0.05) is 17.7 Å². The summed E-state index contributed by atoms with van der Waals surface area (Å²) in [6, 6.07) is 9.00. The Morgan fingerprint density at radius 2 is 2.00 bits per heavy atom. The quantitative estimate of drug-likeness (QED) is 0.634. The van der Waals surface area contributed by atoms with Gasteiger partial charge in [-0.15, -0.1) is 11.3 Å². The Morgan fingerprint density at radius 1 is 1.24 bits per heavy atom. The summed E-state index contributed by atoms with van der Waals surface area (Å²) in [7, 11) is 0. The molecule has 0 N–H and O–H groups in total. The lowest BCUT2D eigenvalue weighted by Crippen LogP contribution is -2.16. The predicted molar refractivity (Wildman–Crippen MR) is 95.2 cm³/mol. The molecule has 25 heavy (non-hydrogen) atoms. The van der Waals surface area contributed by atoms with E-state index in [1.165, 1.54) is 21.8 Å². The van der Waals surface area contributed by atoms with Gasteiger partial charge in [-0.3, -0.25) is 14.0 Å². The molecule has 6 nitrogen and oxygen atoms in total. The molecule has 0 aliphatic heterocycles. The maximum Gasteiger partial charge on any atom is 0.309 e. The van der Waals surface area contributed by atoms with Gasteiger partial charge in [0.1, 0.15) is 12.4 Å². The first kappa shape index (κ1) is 17.2. The second kappa shape index (κ2) is 7.48. The van der Waals surface area contributed by atoms with E-state index >= 15 is 0 Å². The van der Waals surface area contributed by atoms with Crippen LogP contribution in [0.5, 0.6) is 5.75 Å². The normalized spacial score (nSPS) is 10.8. The molecule has 0 saturated carbocycles. The number of nitrogens with zero attached hydrogens (tertiary/aromatic N) is 2. The van der Waals surface area contributed by atoms with E-state index in [2.05, 4.69) is 4.98 Å². The molecule has 2 heterocycles. The summed E-state index contributed by atoms with van der Waals surface area (Å²) >= 11 is 1.38. The lowest BCUT2D eigenvalue weighted by molar-refractivity contribution is -0.145. The largest absolute Gasteiger partial charge is 0.493 e. The highest BCUT2D eigenvalue weighted by molar-refractivity contribution is 7.15. The standard InChI is InChI=1S/C18H18N2O4S/c1-12-3-5-15(6-4-12)23-8-7-17(22)24-10-14-9-16(21)20-13(2)11-25-18(20)19-14/h3-6,9,11H,7-8,10H2,1-2H3. The number of esters is 1. The van der Waals surface area contributed by atoms with Crippen LogP contribution in [-0.2, 0) is 16.1 Å². The Hall–Kier alpha value is -2.67. The number of carbonyl (C=O) groups is 1. The van der Waals surface area contributed by atoms with Crippen LogP contribution in [0.1, 0.15) is 23.4 Å². The monoisotopic (exact) mass is 358 g/mol. The highest BCUT2D eigenvalue weighted by Gasteiger charge is 2.09. The van der Waals surface area contributed by atoms with Crippen LogP contribution >= 0.6 is 11.3 Å². The van der Waals surface area contributed by atoms with Crippen molar-refractivity contribution in [2.75, 3.05) is 6.61 Å². The molecule has 0 atom stereocenters. The summed E-state index contributed by atoms with van der Waals surface area (Å²) in [5, 5.41) is 1.86. The maximum absolute atomic E-state index is 12.0. The van der Waals surface area contributed by atoms with E-state index in [-0.39, 0.29) is 25.2 Å². The minimum absolute atomic E-state index is 0.0218. The molecule has 0 saturated heterocycles. The van der Waals surface area contributed by atoms with E-state index in [0.29, 0.717) is 16.4 Å². The number of ether oxygens (including phenoxy) is 2. The molecular formula is C18H18N2O4S. The van der Waals surface area contributed by atoms with Gasteiger partial charge >= 0.3 is 5.97 Å². The first-order valence-corrected chi connectivity index (χ1v) is 8.73. The zero-order chi connectivity index (χ0) is 17.8. The number of fused-ring (bicyclic) bond motifs is 1. The molecule has 0 bridgehead atoms. The number of carbonyl (C=O) groups excluding carboxylic acids is 1. The molecule has 7 heteroatoms. The SMILES string of the molecule is Cc1ccc(OCCC(=O)OCc2cc(=O)n3c(C)csc3n2)cc1. The molecule has 0 radical (unpaired) electrons. The van der Waals surface area contributed by atoms with Crippen molar-refractivity contribution in [3.05, 3.63) is 63.0 Å². The van der Waals surface area contributed by atoms with Gasteiger partial charge in [0.05, 0.1) is 18.7 Å². The van der Waals surface area contributed by atoms with Crippen LogP contribution in [0.4, 0.5) is 0 Å². The minimum Gasteiger partial charge on any atom is -0.493 e. The number of hydrogen-bond acceptors (Lipinski definition) is 6. The third-order valence-electron chi connectivity index (χ3n) is 3.61. The molecule has 0 aliphatic rings. The molecule has 0 unspecified atom stereocenters. The number of thiazole rings is 1. The molecule has 0 fully saturated rings. The van der Waals surface area contributed by atoms with Crippen LogP contribution in [0, 0.1) is 13.8 Å². The van der Waals surface area contributed by atoms with Gasteiger partial charge < -0.3 is 9.47 Å². The van der Waals surface area contributed by atoms with Crippen LogP contribution < -0.4 is 10.3 Å². The van der Waals surface area contributed by atoms with Gasteiger partial charge in [-0.2, -0.15) is 0 Å². The summed E-state index contributed by atoms with van der Waals surface area (Å²) in [4.78, 5) is 28.8. The average molecular weight is 358 g/mol. The molecule has 0 amide bonds. The van der Waals surface area contributed by atoms with E-state index in [1.807, 2.05) is 43.5 Å². The maximum atomic E-state index is 12.0. The number of hydrogen-bond donors (Lipinski definition) is 0. The Balaban J connectivity index is 1.50. The summed E-state index contributed by atoms with van der Waals surface area (Å²) in [5.74, 6) is 0.322. The molecule has 130 valence electrons. The lowest BCUT2D eigenvalue weighted by atomic mass is 10.2. The molecule has 1 aromatic carbocycles. The van der Waals surface area contributed by atoms with Crippen molar-refractivity contribution in [3.8, 4) is 5.75 Å². The first-order chi connectivity index (χ1) is 12.0. The first-order valence-electron chi connectivity index (χ1n) is 7.85. The number of aromatic nitrogens is 2. The van der Waals surface area contributed by atoms with Crippen molar-refractivity contribution in [1.29, 1.82) is 0 Å². The smallest absolute Gasteiger partial charge is 0.309 e. The van der Waals surface area contributed by atoms with Crippen molar-refractivity contribution < 1.29 is 14.3 Å². The van der Waals surface area contributed by atoms with Crippen molar-refractivity contribution in [2.45, 2.75) is 26.9 Å². The van der Waals surface area contributed by atoms with Crippen LogP contribution in [0.2, 0.25) is 0 Å². The van der Waals surface area contributed by atoms with Gasteiger partial charge in [0.2, 0.25) is 0 Å². The van der Waals surface area contributed by atoms with Crippen LogP contribution in [0.15, 0.2) is 40.5 Å². The third-order valence-corrected chi connectivity index (χ3v) is 4.55. The molecule has 3 aromatic rings. The average Bonchev–Trinajstić information content (AvgIpc) is 2.96. The zero-order valence-corrected chi connectivity index (χ0v) is 14.8. The molecule has 0 spiro atoms. The highest BCUT2D eigenvalue weighted by atomic mass is 32.1. The Bertz CT molecular complexity index is 944. The van der Waals surface area contributed by atoms with Gasteiger partial charge in [0, 0.05) is 17.1 Å². The predicted octanol–water partition coefficient (Wildman–Crippen LogP) is 2.89. The number of aryl methyl sites for hydroxylation is 2. The van der Waals surface area contributed by atoms with Crippen molar-refractivity contribution in [3.63, 3.8) is 0 Å². The topological polar surface area (TPSA) is 69.9 Å². The van der Waals surface area contributed by atoms with Gasteiger partial charge in [0.25, 0.3) is 5.56 Å². The fourth-order valence-electron chi connectivity index (χ4n) is 2.29. The summed E-state index contributed by atoms with van der Waals surface area (Å²) in [6.07, 6.45) is 0.132. The van der Waals surface area contributed by atoms with Crippen molar-refractivity contribution >= 4 is 22.3 Å². The van der Waals surface area contributed by atoms with Crippen molar-refractivity contribution in [1.82, 2.24) is 9.38 Å². The second-order valence-corrected chi connectivity index (χ2v) is 6.49. The number of rotatable bonds is 6. The lowest BCUT2D eigenvalue weighted by Gasteiger charge is -2.07. The van der Waals surface area contributed by atoms with Gasteiger partial charge in [-0.25, -0.2) is 4.98 Å². The zero-order valence-electron chi connectivity index (χ0n) is 14.0. The summed E-state index contributed by atoms with van der Waals surface area (Å²) in [6.45, 7) is 4.06. The number of benzene rings is 1. The van der Waals surface area contributed by atoms with E-state index in [0.717, 1.165) is 11.3 Å². The van der Waals surface area contributed by atoms with E-state index in [9.17, 15) is 9.59 Å². The van der Waals surface area contributed by atoms with Crippen molar-refractivity contribution in [2.24, 2.45) is 0 Å². The van der Waals surface area contributed by atoms with E-state index < -0.39 is 5.97 Å². The van der Waals surface area contributed by atoms with Crippen LogP contribution in [-0.4, -0.2) is 22.0 Å². The highest BCUT2D eigenvalue weighted by Crippen LogP contribution is 2.13. The summed E-state index contributed by atoms with van der Waals surface area (Å²) in [5.41, 5.74) is 2.26. The van der Waals surface area contributed by atoms with Gasteiger partial charge in [-0.05, 0) is 26.0 Å². The van der Waals surface area contributed by atoms with Crippen LogP contribution in [0.25, 0.3) is 4.96 Å². The molecule has 0 aliphatic carbocycles. The Morgan fingerprint density at radius 3 is 2.76 bits per heavy atom.